The highest BCUT2D eigenvalue weighted by molar-refractivity contribution is 5.87. The standard InChI is InChI=1S/C21H36N2O12/c1-8(26)23-14-10(27)5-21(35-18(14)15(29)11(28)6-24)9(3-4-22-20(21)32)13-16(30)12(7-25)34-19(33-2)17(13)31/h9-19,24-25,27-31H,3-7H2,1-2H3,(H,22,32)(H,23,26)/t9-,10-,11+,12+,13-,14+,15+,16-,17+,18+,19+,21-/m0/s1. The molecule has 12 atom stereocenters. The number of piperidine rings is 1. The monoisotopic (exact) mass is 508 g/mol. The summed E-state index contributed by atoms with van der Waals surface area (Å²) in [5.41, 5.74) is -1.92. The fraction of sp³-hybridized carbons (Fsp3) is 0.905. The topological polar surface area (TPSA) is 227 Å². The van der Waals surface area contributed by atoms with Crippen molar-refractivity contribution in [1.29, 1.82) is 0 Å². The average molecular weight is 509 g/mol. The fourth-order valence-electron chi connectivity index (χ4n) is 5.61. The van der Waals surface area contributed by atoms with Gasteiger partial charge in [-0.05, 0) is 6.42 Å². The van der Waals surface area contributed by atoms with Gasteiger partial charge in [0.1, 0.15) is 30.5 Å². The van der Waals surface area contributed by atoms with E-state index >= 15 is 0 Å². The average Bonchev–Trinajstić information content (AvgIpc) is 2.82. The molecule has 9 N–H and O–H groups in total. The lowest BCUT2D eigenvalue weighted by atomic mass is 9.64. The van der Waals surface area contributed by atoms with Crippen molar-refractivity contribution in [1.82, 2.24) is 10.6 Å². The zero-order valence-electron chi connectivity index (χ0n) is 19.6. The summed E-state index contributed by atoms with van der Waals surface area (Å²) in [7, 11) is 1.27. The predicted molar refractivity (Wildman–Crippen MR) is 114 cm³/mol. The second kappa shape index (κ2) is 11.3. The summed E-state index contributed by atoms with van der Waals surface area (Å²) in [4.78, 5) is 25.1. The predicted octanol–water partition coefficient (Wildman–Crippen LogP) is -5.07. The second-order valence-corrected chi connectivity index (χ2v) is 9.38. The van der Waals surface area contributed by atoms with Gasteiger partial charge in [-0.1, -0.05) is 0 Å². The summed E-state index contributed by atoms with van der Waals surface area (Å²) in [5.74, 6) is -3.35. The molecule has 0 aromatic heterocycles. The lowest BCUT2D eigenvalue weighted by Crippen LogP contribution is -2.74. The zero-order chi connectivity index (χ0) is 26.1. The molecule has 0 unspecified atom stereocenters. The number of carbonyl (C=O) groups is 2. The van der Waals surface area contributed by atoms with Gasteiger partial charge in [0.15, 0.2) is 11.9 Å². The van der Waals surface area contributed by atoms with Crippen LogP contribution in [-0.2, 0) is 23.8 Å². The number of hydrogen-bond donors (Lipinski definition) is 9. The van der Waals surface area contributed by atoms with Crippen LogP contribution in [0, 0.1) is 11.8 Å². The number of rotatable bonds is 7. The molecular formula is C21H36N2O12. The van der Waals surface area contributed by atoms with E-state index in [9.17, 15) is 45.3 Å². The second-order valence-electron chi connectivity index (χ2n) is 9.38. The van der Waals surface area contributed by atoms with E-state index < -0.39 is 97.5 Å². The van der Waals surface area contributed by atoms with E-state index in [0.717, 1.165) is 0 Å². The van der Waals surface area contributed by atoms with Gasteiger partial charge in [-0.15, -0.1) is 0 Å². The first-order chi connectivity index (χ1) is 16.5. The van der Waals surface area contributed by atoms with Crippen LogP contribution < -0.4 is 10.6 Å². The van der Waals surface area contributed by atoms with E-state index in [1.165, 1.54) is 14.0 Å². The van der Waals surface area contributed by atoms with Crippen molar-refractivity contribution in [3.63, 3.8) is 0 Å². The fourth-order valence-corrected chi connectivity index (χ4v) is 5.61. The summed E-state index contributed by atoms with van der Waals surface area (Å²) >= 11 is 0. The molecule has 0 bridgehead atoms. The van der Waals surface area contributed by atoms with E-state index in [1.54, 1.807) is 0 Å². The molecule has 0 aromatic rings. The Hall–Kier alpha value is -1.46. The molecule has 14 heteroatoms. The first-order valence-electron chi connectivity index (χ1n) is 11.6. The summed E-state index contributed by atoms with van der Waals surface area (Å²) in [5, 5.41) is 77.9. The van der Waals surface area contributed by atoms with Gasteiger partial charge in [-0.25, -0.2) is 0 Å². The molecule has 3 fully saturated rings. The Labute approximate surface area is 201 Å². The molecule has 14 nitrogen and oxygen atoms in total. The van der Waals surface area contributed by atoms with Crippen molar-refractivity contribution in [3.05, 3.63) is 0 Å². The summed E-state index contributed by atoms with van der Waals surface area (Å²) in [6, 6.07) is -1.24. The van der Waals surface area contributed by atoms with Gasteiger partial charge in [-0.3, -0.25) is 9.59 Å². The molecule has 3 heterocycles. The van der Waals surface area contributed by atoms with E-state index in [4.69, 9.17) is 14.2 Å². The number of methoxy groups -OCH3 is 1. The highest BCUT2D eigenvalue weighted by Gasteiger charge is 2.63. The van der Waals surface area contributed by atoms with Gasteiger partial charge in [0.2, 0.25) is 5.91 Å². The summed E-state index contributed by atoms with van der Waals surface area (Å²) in [6.07, 6.45) is -12.0. The molecular weight excluding hydrogens is 472 g/mol. The van der Waals surface area contributed by atoms with Crippen molar-refractivity contribution >= 4 is 11.8 Å². The van der Waals surface area contributed by atoms with Gasteiger partial charge in [0, 0.05) is 38.8 Å². The third-order valence-corrected chi connectivity index (χ3v) is 7.27. The van der Waals surface area contributed by atoms with Crippen LogP contribution in [0.15, 0.2) is 0 Å². The molecule has 202 valence electrons. The number of aliphatic hydroxyl groups excluding tert-OH is 7. The maximum Gasteiger partial charge on any atom is 0.252 e. The number of carbonyl (C=O) groups excluding carboxylic acids is 2. The number of nitrogens with one attached hydrogen (secondary N) is 2. The maximum atomic E-state index is 13.3. The van der Waals surface area contributed by atoms with Crippen LogP contribution in [0.2, 0.25) is 0 Å². The van der Waals surface area contributed by atoms with Crippen LogP contribution >= 0.6 is 0 Å². The van der Waals surface area contributed by atoms with Crippen LogP contribution in [0.3, 0.4) is 0 Å². The van der Waals surface area contributed by atoms with Crippen molar-refractivity contribution in [2.75, 3.05) is 26.9 Å². The molecule has 3 aliphatic heterocycles. The Kier molecular flexibility index (Phi) is 9.07. The van der Waals surface area contributed by atoms with Crippen LogP contribution in [-0.4, -0.2) is 135 Å². The molecule has 3 aliphatic rings. The van der Waals surface area contributed by atoms with Crippen molar-refractivity contribution < 1.29 is 59.5 Å². The van der Waals surface area contributed by atoms with Gasteiger partial charge in [0.25, 0.3) is 5.91 Å². The smallest absolute Gasteiger partial charge is 0.252 e. The molecule has 0 radical (unpaired) electrons. The van der Waals surface area contributed by atoms with Crippen LogP contribution in [0.25, 0.3) is 0 Å². The SMILES string of the molecule is CO[C@@H]1O[C@H](CO)[C@H](O)[C@H]([C@@H]2CCNC(=O)[C@]23C[C@H](O)[C@@H](NC(C)=O)[C@H]([C@H](O)[C@H](O)CO)O3)[C@H]1O. The van der Waals surface area contributed by atoms with E-state index in [2.05, 4.69) is 10.6 Å². The Balaban J connectivity index is 2.06. The highest BCUT2D eigenvalue weighted by atomic mass is 16.7. The summed E-state index contributed by atoms with van der Waals surface area (Å²) in [6.45, 7) is -0.149. The Morgan fingerprint density at radius 1 is 1.26 bits per heavy atom. The van der Waals surface area contributed by atoms with Gasteiger partial charge in [-0.2, -0.15) is 0 Å². The van der Waals surface area contributed by atoms with E-state index in [1.807, 2.05) is 0 Å². The molecule has 3 rings (SSSR count). The molecule has 1 spiro atoms. The molecule has 0 saturated carbocycles. The van der Waals surface area contributed by atoms with Crippen LogP contribution in [0.1, 0.15) is 19.8 Å². The van der Waals surface area contributed by atoms with Gasteiger partial charge in [0.05, 0.1) is 31.5 Å². The van der Waals surface area contributed by atoms with Crippen LogP contribution in [0.5, 0.6) is 0 Å². The lowest BCUT2D eigenvalue weighted by molar-refractivity contribution is -0.307. The van der Waals surface area contributed by atoms with Crippen molar-refractivity contribution in [2.24, 2.45) is 11.8 Å². The zero-order valence-corrected chi connectivity index (χ0v) is 19.6. The van der Waals surface area contributed by atoms with E-state index in [-0.39, 0.29) is 19.4 Å². The highest BCUT2D eigenvalue weighted by Crippen LogP contribution is 2.47. The number of aliphatic hydroxyl groups is 7. The molecule has 0 aromatic carbocycles. The Morgan fingerprint density at radius 2 is 1.94 bits per heavy atom. The minimum Gasteiger partial charge on any atom is -0.394 e. The van der Waals surface area contributed by atoms with E-state index in [0.29, 0.717) is 0 Å². The maximum absolute atomic E-state index is 13.3. The Bertz CT molecular complexity index is 742. The molecule has 2 amide bonds. The van der Waals surface area contributed by atoms with Crippen molar-refractivity contribution in [3.8, 4) is 0 Å². The molecule has 3 saturated heterocycles. The number of amides is 2. The van der Waals surface area contributed by atoms with Crippen molar-refractivity contribution in [2.45, 2.75) is 80.4 Å². The first kappa shape index (κ1) is 28.1. The molecule has 0 aliphatic carbocycles. The molecule has 35 heavy (non-hydrogen) atoms. The Morgan fingerprint density at radius 3 is 2.51 bits per heavy atom. The van der Waals surface area contributed by atoms with Crippen LogP contribution in [0.4, 0.5) is 0 Å². The number of ether oxygens (including phenoxy) is 3. The minimum atomic E-state index is -1.92. The minimum absolute atomic E-state index is 0.143. The van der Waals surface area contributed by atoms with Gasteiger partial charge < -0.3 is 60.6 Å². The van der Waals surface area contributed by atoms with Gasteiger partial charge >= 0.3 is 0 Å². The summed E-state index contributed by atoms with van der Waals surface area (Å²) < 4.78 is 16.7. The normalized spacial score (nSPS) is 43.9. The third kappa shape index (κ3) is 5.18. The largest absolute Gasteiger partial charge is 0.394 e. The lowest BCUT2D eigenvalue weighted by Gasteiger charge is -2.56. The number of hydrogen-bond acceptors (Lipinski definition) is 12. The first-order valence-corrected chi connectivity index (χ1v) is 11.6. The third-order valence-electron chi connectivity index (χ3n) is 7.27. The quantitative estimate of drug-likeness (QED) is 0.157.